The third-order valence-electron chi connectivity index (χ3n) is 4.38. The summed E-state index contributed by atoms with van der Waals surface area (Å²) in [5.41, 5.74) is 2.70. The van der Waals surface area contributed by atoms with Crippen LogP contribution in [0.25, 0.3) is 11.0 Å². The summed E-state index contributed by atoms with van der Waals surface area (Å²) in [4.78, 5) is 12.3. The van der Waals surface area contributed by atoms with Gasteiger partial charge in [0.2, 0.25) is 0 Å². The Labute approximate surface area is 146 Å². The molecule has 23 heavy (non-hydrogen) atoms. The van der Waals surface area contributed by atoms with Crippen molar-refractivity contribution in [1.82, 2.24) is 0 Å². The van der Waals surface area contributed by atoms with Crippen LogP contribution in [0.2, 0.25) is 5.02 Å². The topological polar surface area (TPSA) is 67.1 Å². The first-order valence-corrected chi connectivity index (χ1v) is 8.31. The lowest BCUT2D eigenvalue weighted by Gasteiger charge is -2.18. The highest BCUT2D eigenvalue weighted by atomic mass is 35.5. The van der Waals surface area contributed by atoms with Crippen molar-refractivity contribution in [3.05, 3.63) is 38.2 Å². The number of halogens is 2. The predicted octanol–water partition coefficient (Wildman–Crippen LogP) is -0.492. The molecule has 1 aromatic heterocycles. The van der Waals surface area contributed by atoms with E-state index >= 15 is 0 Å². The Morgan fingerprint density at radius 2 is 2.00 bits per heavy atom. The van der Waals surface area contributed by atoms with Crippen LogP contribution in [-0.4, -0.2) is 11.7 Å². The number of aryl methyl sites for hydroxylation is 1. The van der Waals surface area contributed by atoms with E-state index in [9.17, 15) is 9.90 Å². The van der Waals surface area contributed by atoms with Crippen molar-refractivity contribution >= 4 is 22.6 Å². The van der Waals surface area contributed by atoms with Crippen LogP contribution in [0.5, 0.6) is 5.75 Å². The lowest BCUT2D eigenvalue weighted by atomic mass is 9.90. The zero-order chi connectivity index (χ0) is 15.7. The van der Waals surface area contributed by atoms with Gasteiger partial charge in [-0.2, -0.15) is 0 Å². The molecule has 0 spiro atoms. The average Bonchev–Trinajstić information content (AvgIpc) is 2.53. The van der Waals surface area contributed by atoms with Crippen molar-refractivity contribution in [1.29, 1.82) is 0 Å². The molecule has 0 saturated carbocycles. The van der Waals surface area contributed by atoms with Gasteiger partial charge in [0.15, 0.2) is 5.58 Å². The van der Waals surface area contributed by atoms with Crippen molar-refractivity contribution in [2.45, 2.75) is 45.6 Å². The zero-order valence-electron chi connectivity index (χ0n) is 13.1. The molecule has 0 unspecified atom stereocenters. The molecule has 0 atom stereocenters. The number of aromatic hydroxyl groups is 1. The summed E-state index contributed by atoms with van der Waals surface area (Å²) in [5, 5.41) is 13.6. The van der Waals surface area contributed by atoms with Crippen molar-refractivity contribution in [2.75, 3.05) is 6.54 Å². The smallest absolute Gasteiger partial charge is 0.339 e. The van der Waals surface area contributed by atoms with Crippen LogP contribution in [0.4, 0.5) is 0 Å². The molecule has 0 aliphatic heterocycles. The van der Waals surface area contributed by atoms with Gasteiger partial charge in [-0.15, -0.1) is 0 Å². The average molecular weight is 358 g/mol. The second-order valence-corrected chi connectivity index (χ2v) is 6.30. The SMILES string of the molecule is CCC[NH2+]Cc1c(O)c(Cl)cc2c3c(c(=O)oc12)CCCC3.[Cl-]. The number of hydrogen-bond acceptors (Lipinski definition) is 3. The maximum atomic E-state index is 12.3. The standard InChI is InChI=1S/C17H20ClNO3.ClH/c1-2-7-19-9-13-15(20)14(18)8-12-10-5-3-4-6-11(10)17(21)22-16(12)13;/h8,19-20H,2-7,9H2,1H3;1H. The number of hydrogen-bond donors (Lipinski definition) is 2. The van der Waals surface area contributed by atoms with Gasteiger partial charge in [-0.25, -0.2) is 4.79 Å². The summed E-state index contributed by atoms with van der Waals surface area (Å²) in [6, 6.07) is 1.74. The first-order valence-electron chi connectivity index (χ1n) is 7.94. The Balaban J connectivity index is 0.00000192. The summed E-state index contributed by atoms with van der Waals surface area (Å²) in [7, 11) is 0. The minimum Gasteiger partial charge on any atom is -1.00 e. The summed E-state index contributed by atoms with van der Waals surface area (Å²) in [6.45, 7) is 3.60. The van der Waals surface area contributed by atoms with E-state index in [4.69, 9.17) is 16.0 Å². The summed E-state index contributed by atoms with van der Waals surface area (Å²) in [6.07, 6.45) is 4.77. The van der Waals surface area contributed by atoms with E-state index in [0.29, 0.717) is 22.7 Å². The number of quaternary nitrogens is 1. The highest BCUT2D eigenvalue weighted by molar-refractivity contribution is 6.33. The molecule has 1 aliphatic rings. The number of rotatable bonds is 4. The molecule has 6 heteroatoms. The van der Waals surface area contributed by atoms with Gasteiger partial charge < -0.3 is 27.2 Å². The van der Waals surface area contributed by atoms with Gasteiger partial charge in [0, 0.05) is 10.9 Å². The van der Waals surface area contributed by atoms with E-state index < -0.39 is 0 Å². The number of phenols is 1. The van der Waals surface area contributed by atoms with Crippen LogP contribution < -0.4 is 23.3 Å². The Bertz CT molecular complexity index is 771. The lowest BCUT2D eigenvalue weighted by Crippen LogP contribution is -3.00. The van der Waals surface area contributed by atoms with E-state index in [2.05, 4.69) is 12.2 Å². The number of nitrogens with two attached hydrogens (primary N) is 1. The van der Waals surface area contributed by atoms with E-state index in [1.165, 1.54) is 0 Å². The van der Waals surface area contributed by atoms with Gasteiger partial charge in [0.1, 0.15) is 12.3 Å². The molecule has 1 aromatic carbocycles. The molecule has 1 heterocycles. The monoisotopic (exact) mass is 357 g/mol. The Morgan fingerprint density at radius 1 is 1.30 bits per heavy atom. The normalized spacial score (nSPS) is 13.7. The molecule has 0 saturated heterocycles. The maximum Gasteiger partial charge on any atom is 0.339 e. The summed E-state index contributed by atoms with van der Waals surface area (Å²) < 4.78 is 5.56. The molecule has 1 aliphatic carbocycles. The van der Waals surface area contributed by atoms with Crippen LogP contribution in [0.1, 0.15) is 42.9 Å². The summed E-state index contributed by atoms with van der Waals surface area (Å²) in [5.74, 6) is 0.0282. The fourth-order valence-corrected chi connectivity index (χ4v) is 3.46. The Kier molecular flexibility index (Phi) is 5.95. The van der Waals surface area contributed by atoms with Crippen molar-refractivity contribution < 1.29 is 27.2 Å². The third kappa shape index (κ3) is 3.35. The molecule has 0 bridgehead atoms. The zero-order valence-corrected chi connectivity index (χ0v) is 14.6. The second kappa shape index (κ2) is 7.56. The predicted molar refractivity (Wildman–Crippen MR) is 86.6 cm³/mol. The molecule has 0 fully saturated rings. The second-order valence-electron chi connectivity index (χ2n) is 5.90. The summed E-state index contributed by atoms with van der Waals surface area (Å²) >= 11 is 6.20. The van der Waals surface area contributed by atoms with Gasteiger partial charge in [-0.1, -0.05) is 18.5 Å². The van der Waals surface area contributed by atoms with E-state index in [1.54, 1.807) is 6.07 Å². The van der Waals surface area contributed by atoms with Crippen molar-refractivity contribution in [3.8, 4) is 5.75 Å². The third-order valence-corrected chi connectivity index (χ3v) is 4.67. The minimum absolute atomic E-state index is 0. The van der Waals surface area contributed by atoms with Crippen LogP contribution >= 0.6 is 11.6 Å². The van der Waals surface area contributed by atoms with Gasteiger partial charge in [0.05, 0.1) is 17.1 Å². The number of benzene rings is 1. The fraction of sp³-hybridized carbons (Fsp3) is 0.471. The van der Waals surface area contributed by atoms with Crippen LogP contribution in [0.3, 0.4) is 0 Å². The molecule has 0 radical (unpaired) electrons. The molecule has 0 amide bonds. The first kappa shape index (κ1) is 18.1. The van der Waals surface area contributed by atoms with Crippen LogP contribution in [-0.2, 0) is 19.4 Å². The first-order chi connectivity index (χ1) is 10.6. The quantitative estimate of drug-likeness (QED) is 0.573. The maximum absolute atomic E-state index is 12.3. The van der Waals surface area contributed by atoms with Gasteiger partial charge in [0.25, 0.3) is 0 Å². The number of fused-ring (bicyclic) bond motifs is 3. The molecule has 126 valence electrons. The van der Waals surface area contributed by atoms with Crippen molar-refractivity contribution in [3.63, 3.8) is 0 Å². The molecular formula is C17H21Cl2NO3. The molecule has 2 aromatic rings. The van der Waals surface area contributed by atoms with Crippen LogP contribution in [0.15, 0.2) is 15.3 Å². The van der Waals surface area contributed by atoms with E-state index in [-0.39, 0.29) is 23.8 Å². The molecule has 3 N–H and O–H groups in total. The molecule has 3 rings (SSSR count). The Hall–Kier alpha value is -1.23. The lowest BCUT2D eigenvalue weighted by molar-refractivity contribution is -0.670. The largest absolute Gasteiger partial charge is 1.00 e. The fourth-order valence-electron chi connectivity index (χ4n) is 3.24. The van der Waals surface area contributed by atoms with Gasteiger partial charge in [-0.05, 0) is 43.7 Å². The van der Waals surface area contributed by atoms with Crippen molar-refractivity contribution in [2.24, 2.45) is 0 Å². The highest BCUT2D eigenvalue weighted by Crippen LogP contribution is 2.37. The van der Waals surface area contributed by atoms with E-state index in [1.807, 2.05) is 0 Å². The molecule has 4 nitrogen and oxygen atoms in total. The molecular weight excluding hydrogens is 337 g/mol. The van der Waals surface area contributed by atoms with Gasteiger partial charge in [-0.3, -0.25) is 0 Å². The van der Waals surface area contributed by atoms with E-state index in [0.717, 1.165) is 55.2 Å². The number of phenolic OH excluding ortho intramolecular Hbond substituents is 1. The minimum atomic E-state index is -0.263. The highest BCUT2D eigenvalue weighted by Gasteiger charge is 2.23. The van der Waals surface area contributed by atoms with Crippen LogP contribution in [0, 0.1) is 0 Å². The Morgan fingerprint density at radius 3 is 2.70 bits per heavy atom. The van der Waals surface area contributed by atoms with Gasteiger partial charge >= 0.3 is 5.63 Å².